The van der Waals surface area contributed by atoms with Crippen molar-refractivity contribution in [2.24, 2.45) is 5.92 Å². The molecule has 1 aromatic rings. The van der Waals surface area contributed by atoms with Crippen LogP contribution in [-0.4, -0.2) is 25.0 Å². The lowest BCUT2D eigenvalue weighted by atomic mass is 10.1. The van der Waals surface area contributed by atoms with Crippen LogP contribution in [-0.2, 0) is 9.59 Å². The quantitative estimate of drug-likeness (QED) is 0.918. The third kappa shape index (κ3) is 3.10. The van der Waals surface area contributed by atoms with E-state index in [4.69, 9.17) is 4.74 Å². The van der Waals surface area contributed by atoms with Crippen LogP contribution in [0, 0.1) is 5.92 Å². The van der Waals surface area contributed by atoms with E-state index < -0.39 is 0 Å². The standard InChI is InChI=1S/C15H20N2O3/c1-4-14(18)16-11-5-6-12-13(7-11)20-9-15(19)17(12)8-10(2)3/h5-7,10H,4,8-9H2,1-3H3,(H,16,18). The van der Waals surface area contributed by atoms with Crippen LogP contribution in [0.1, 0.15) is 27.2 Å². The highest BCUT2D eigenvalue weighted by Gasteiger charge is 2.26. The lowest BCUT2D eigenvalue weighted by Crippen LogP contribution is -2.40. The zero-order valence-electron chi connectivity index (χ0n) is 12.1. The van der Waals surface area contributed by atoms with E-state index in [9.17, 15) is 9.59 Å². The topological polar surface area (TPSA) is 58.6 Å². The second kappa shape index (κ2) is 5.94. The fourth-order valence-electron chi connectivity index (χ4n) is 2.10. The summed E-state index contributed by atoms with van der Waals surface area (Å²) in [5.74, 6) is 0.941. The minimum absolute atomic E-state index is 0.0310. The van der Waals surface area contributed by atoms with Crippen LogP contribution in [0.4, 0.5) is 11.4 Å². The number of hydrogen-bond acceptors (Lipinski definition) is 3. The summed E-state index contributed by atoms with van der Waals surface area (Å²) >= 11 is 0. The molecule has 1 N–H and O–H groups in total. The Morgan fingerprint density at radius 3 is 2.85 bits per heavy atom. The number of carbonyl (C=O) groups excluding carboxylic acids is 2. The van der Waals surface area contributed by atoms with Gasteiger partial charge in [-0.1, -0.05) is 20.8 Å². The molecular weight excluding hydrogens is 256 g/mol. The summed E-state index contributed by atoms with van der Waals surface area (Å²) in [5, 5.41) is 2.79. The van der Waals surface area contributed by atoms with Crippen molar-refractivity contribution in [2.75, 3.05) is 23.4 Å². The number of benzene rings is 1. The van der Waals surface area contributed by atoms with E-state index in [1.807, 2.05) is 6.07 Å². The summed E-state index contributed by atoms with van der Waals surface area (Å²) in [5.41, 5.74) is 1.46. The van der Waals surface area contributed by atoms with Crippen molar-refractivity contribution in [1.82, 2.24) is 0 Å². The molecule has 2 amide bonds. The summed E-state index contributed by atoms with van der Waals surface area (Å²) in [4.78, 5) is 25.1. The van der Waals surface area contributed by atoms with Crippen LogP contribution in [0.2, 0.25) is 0 Å². The van der Waals surface area contributed by atoms with Crippen molar-refractivity contribution >= 4 is 23.2 Å². The SMILES string of the molecule is CCC(=O)Nc1ccc2c(c1)OCC(=O)N2CC(C)C. The summed E-state index contributed by atoms with van der Waals surface area (Å²) in [6.45, 7) is 6.64. The fraction of sp³-hybridized carbons (Fsp3) is 0.467. The van der Waals surface area contributed by atoms with Crippen LogP contribution in [0.5, 0.6) is 5.75 Å². The highest BCUT2D eigenvalue weighted by Crippen LogP contribution is 2.34. The van der Waals surface area contributed by atoms with Gasteiger partial charge in [-0.15, -0.1) is 0 Å². The van der Waals surface area contributed by atoms with Gasteiger partial charge in [-0.25, -0.2) is 0 Å². The van der Waals surface area contributed by atoms with Gasteiger partial charge in [0.1, 0.15) is 5.75 Å². The molecule has 0 aromatic heterocycles. The Bertz CT molecular complexity index is 526. The first-order chi connectivity index (χ1) is 9.51. The van der Waals surface area contributed by atoms with Gasteiger partial charge in [0.2, 0.25) is 5.91 Å². The molecule has 20 heavy (non-hydrogen) atoms. The van der Waals surface area contributed by atoms with Gasteiger partial charge in [0.15, 0.2) is 6.61 Å². The van der Waals surface area contributed by atoms with E-state index in [0.29, 0.717) is 30.3 Å². The maximum absolute atomic E-state index is 11.9. The van der Waals surface area contributed by atoms with Gasteiger partial charge in [-0.3, -0.25) is 9.59 Å². The number of fused-ring (bicyclic) bond motifs is 1. The molecule has 0 saturated carbocycles. The molecule has 0 aliphatic carbocycles. The van der Waals surface area contributed by atoms with Crippen LogP contribution in [0.3, 0.4) is 0 Å². The van der Waals surface area contributed by atoms with Crippen molar-refractivity contribution in [3.05, 3.63) is 18.2 Å². The molecule has 2 rings (SSSR count). The van der Waals surface area contributed by atoms with Crippen molar-refractivity contribution in [3.63, 3.8) is 0 Å². The van der Waals surface area contributed by atoms with Crippen LogP contribution < -0.4 is 15.0 Å². The van der Waals surface area contributed by atoms with E-state index in [-0.39, 0.29) is 18.4 Å². The molecule has 0 fully saturated rings. The highest BCUT2D eigenvalue weighted by atomic mass is 16.5. The molecule has 5 heteroatoms. The minimum Gasteiger partial charge on any atom is -0.481 e. The zero-order chi connectivity index (χ0) is 14.7. The fourth-order valence-corrected chi connectivity index (χ4v) is 2.10. The monoisotopic (exact) mass is 276 g/mol. The zero-order valence-corrected chi connectivity index (χ0v) is 12.1. The number of carbonyl (C=O) groups is 2. The Morgan fingerprint density at radius 2 is 2.20 bits per heavy atom. The number of nitrogens with one attached hydrogen (secondary N) is 1. The molecule has 0 bridgehead atoms. The third-order valence-electron chi connectivity index (χ3n) is 3.06. The van der Waals surface area contributed by atoms with Gasteiger partial charge < -0.3 is 15.0 Å². The normalized spacial score (nSPS) is 14.0. The third-order valence-corrected chi connectivity index (χ3v) is 3.06. The Labute approximate surface area is 118 Å². The van der Waals surface area contributed by atoms with E-state index in [0.717, 1.165) is 5.69 Å². The van der Waals surface area contributed by atoms with Crippen molar-refractivity contribution in [1.29, 1.82) is 0 Å². The predicted octanol–water partition coefficient (Wildman–Crippen LogP) is 2.42. The summed E-state index contributed by atoms with van der Waals surface area (Å²) in [6, 6.07) is 5.38. The molecule has 108 valence electrons. The second-order valence-corrected chi connectivity index (χ2v) is 5.27. The first kappa shape index (κ1) is 14.4. The maximum atomic E-state index is 11.9. The van der Waals surface area contributed by atoms with Gasteiger partial charge in [0.05, 0.1) is 5.69 Å². The van der Waals surface area contributed by atoms with Gasteiger partial charge in [0, 0.05) is 24.7 Å². The molecule has 1 aromatic carbocycles. The minimum atomic E-state index is -0.0455. The van der Waals surface area contributed by atoms with Gasteiger partial charge in [-0.05, 0) is 18.1 Å². The molecule has 0 atom stereocenters. The first-order valence-corrected chi connectivity index (χ1v) is 6.88. The lowest BCUT2D eigenvalue weighted by molar-refractivity contribution is -0.121. The first-order valence-electron chi connectivity index (χ1n) is 6.88. The van der Waals surface area contributed by atoms with E-state index >= 15 is 0 Å². The molecular formula is C15H20N2O3. The number of ether oxygens (including phenoxy) is 1. The van der Waals surface area contributed by atoms with Crippen molar-refractivity contribution < 1.29 is 14.3 Å². The van der Waals surface area contributed by atoms with E-state index in [1.54, 1.807) is 24.0 Å². The van der Waals surface area contributed by atoms with Crippen molar-refractivity contribution in [2.45, 2.75) is 27.2 Å². The van der Waals surface area contributed by atoms with Crippen LogP contribution >= 0.6 is 0 Å². The summed E-state index contributed by atoms with van der Waals surface area (Å²) in [7, 11) is 0. The maximum Gasteiger partial charge on any atom is 0.265 e. The Kier molecular flexibility index (Phi) is 4.27. The molecule has 1 heterocycles. The second-order valence-electron chi connectivity index (χ2n) is 5.27. The Hall–Kier alpha value is -2.04. The van der Waals surface area contributed by atoms with Gasteiger partial charge in [0.25, 0.3) is 5.91 Å². The molecule has 0 unspecified atom stereocenters. The number of amides is 2. The van der Waals surface area contributed by atoms with Gasteiger partial charge >= 0.3 is 0 Å². The molecule has 0 spiro atoms. The molecule has 1 aliphatic heterocycles. The molecule has 1 aliphatic rings. The van der Waals surface area contributed by atoms with Crippen LogP contribution in [0.15, 0.2) is 18.2 Å². The van der Waals surface area contributed by atoms with E-state index in [2.05, 4.69) is 19.2 Å². The number of rotatable bonds is 4. The average molecular weight is 276 g/mol. The van der Waals surface area contributed by atoms with Crippen LogP contribution in [0.25, 0.3) is 0 Å². The smallest absolute Gasteiger partial charge is 0.265 e. The van der Waals surface area contributed by atoms with Gasteiger partial charge in [-0.2, -0.15) is 0 Å². The Morgan fingerprint density at radius 1 is 1.45 bits per heavy atom. The molecule has 5 nitrogen and oxygen atoms in total. The average Bonchev–Trinajstić information content (AvgIpc) is 2.41. The molecule has 0 saturated heterocycles. The lowest BCUT2D eigenvalue weighted by Gasteiger charge is -2.30. The highest BCUT2D eigenvalue weighted by molar-refractivity contribution is 5.99. The Balaban J connectivity index is 2.26. The van der Waals surface area contributed by atoms with E-state index in [1.165, 1.54) is 0 Å². The largest absolute Gasteiger partial charge is 0.481 e. The number of hydrogen-bond donors (Lipinski definition) is 1. The summed E-state index contributed by atoms with van der Waals surface area (Å²) < 4.78 is 5.46. The van der Waals surface area contributed by atoms with Crippen molar-refractivity contribution in [3.8, 4) is 5.75 Å². The molecule has 0 radical (unpaired) electrons. The number of nitrogens with zero attached hydrogens (tertiary/aromatic N) is 1. The summed E-state index contributed by atoms with van der Waals surface area (Å²) in [6.07, 6.45) is 0.426. The predicted molar refractivity (Wildman–Crippen MR) is 78.0 cm³/mol. The number of anilines is 2.